The van der Waals surface area contributed by atoms with Crippen LogP contribution < -0.4 is 4.74 Å². The highest BCUT2D eigenvalue weighted by atomic mass is 16.5. The van der Waals surface area contributed by atoms with E-state index in [1.807, 2.05) is 44.2 Å². The molecule has 1 fully saturated rings. The van der Waals surface area contributed by atoms with E-state index in [0.717, 1.165) is 25.2 Å². The fraction of sp³-hybridized carbons (Fsp3) is 0.450. The number of hydrogen-bond acceptors (Lipinski definition) is 5. The molecule has 26 heavy (non-hydrogen) atoms. The molecule has 0 saturated carbocycles. The van der Waals surface area contributed by atoms with E-state index in [2.05, 4.69) is 9.97 Å². The zero-order valence-electron chi connectivity index (χ0n) is 15.4. The normalized spacial score (nSPS) is 16.5. The molecule has 0 aliphatic carbocycles. The van der Waals surface area contributed by atoms with E-state index in [4.69, 9.17) is 9.47 Å². The summed E-state index contributed by atoms with van der Waals surface area (Å²) < 4.78 is 11.5. The lowest BCUT2D eigenvalue weighted by molar-refractivity contribution is 0.0492. The molecule has 2 heterocycles. The van der Waals surface area contributed by atoms with Gasteiger partial charge in [0.25, 0.3) is 5.91 Å². The molecular weight excluding hydrogens is 330 g/mol. The van der Waals surface area contributed by atoms with Gasteiger partial charge in [0.2, 0.25) is 0 Å². The van der Waals surface area contributed by atoms with Gasteiger partial charge in [0, 0.05) is 19.3 Å². The highest BCUT2D eigenvalue weighted by Crippen LogP contribution is 2.16. The van der Waals surface area contributed by atoms with Crippen LogP contribution in [0.5, 0.6) is 5.75 Å². The van der Waals surface area contributed by atoms with Crippen molar-refractivity contribution in [1.29, 1.82) is 0 Å². The Morgan fingerprint density at radius 2 is 2.12 bits per heavy atom. The molecule has 1 aliphatic rings. The maximum absolute atomic E-state index is 13.0. The first-order chi connectivity index (χ1) is 12.6. The Bertz CT molecular complexity index is 730. The van der Waals surface area contributed by atoms with Gasteiger partial charge < -0.3 is 14.4 Å². The average Bonchev–Trinajstić information content (AvgIpc) is 3.14. The van der Waals surface area contributed by atoms with Crippen LogP contribution in [0.25, 0.3) is 0 Å². The summed E-state index contributed by atoms with van der Waals surface area (Å²) in [5.41, 5.74) is 1.23. The van der Waals surface area contributed by atoms with Gasteiger partial charge in [0.05, 0.1) is 23.9 Å². The minimum atomic E-state index is -0.0744. The Morgan fingerprint density at radius 1 is 1.31 bits per heavy atom. The zero-order valence-corrected chi connectivity index (χ0v) is 15.4. The lowest BCUT2D eigenvalue weighted by Crippen LogP contribution is -2.40. The van der Waals surface area contributed by atoms with Crippen LogP contribution in [0.2, 0.25) is 0 Å². The van der Waals surface area contributed by atoms with Crippen LogP contribution in [0, 0.1) is 13.8 Å². The third-order valence-corrected chi connectivity index (χ3v) is 4.44. The van der Waals surface area contributed by atoms with Gasteiger partial charge in [-0.05, 0) is 38.8 Å². The van der Waals surface area contributed by atoms with Gasteiger partial charge >= 0.3 is 0 Å². The predicted octanol–water partition coefficient (Wildman–Crippen LogP) is 2.79. The molecule has 0 spiro atoms. The third kappa shape index (κ3) is 4.79. The summed E-state index contributed by atoms with van der Waals surface area (Å²) in [5.74, 6) is 1.39. The number of aromatic nitrogens is 2. The van der Waals surface area contributed by atoms with Crippen LogP contribution in [-0.2, 0) is 4.74 Å². The highest BCUT2D eigenvalue weighted by molar-refractivity contribution is 5.95. The number of nitrogens with zero attached hydrogens (tertiary/aromatic N) is 3. The summed E-state index contributed by atoms with van der Waals surface area (Å²) in [7, 11) is 0. The first-order valence-electron chi connectivity index (χ1n) is 9.02. The van der Waals surface area contributed by atoms with E-state index in [0.29, 0.717) is 36.8 Å². The summed E-state index contributed by atoms with van der Waals surface area (Å²) in [5, 5.41) is 0. The zero-order chi connectivity index (χ0) is 18.4. The van der Waals surface area contributed by atoms with Crippen LogP contribution in [0.3, 0.4) is 0 Å². The molecule has 1 aromatic heterocycles. The minimum Gasteiger partial charge on any atom is -0.492 e. The molecule has 138 valence electrons. The van der Waals surface area contributed by atoms with Gasteiger partial charge in [0.1, 0.15) is 18.2 Å². The highest BCUT2D eigenvalue weighted by Gasteiger charge is 2.25. The SMILES string of the molecule is Cc1ncc(C(=O)N(CCOc2ccccc2)C[C@H]2CCCO2)c(C)n1. The smallest absolute Gasteiger partial charge is 0.257 e. The second-order valence-electron chi connectivity index (χ2n) is 6.46. The molecule has 2 aromatic rings. The van der Waals surface area contributed by atoms with Crippen molar-refractivity contribution in [1.82, 2.24) is 14.9 Å². The van der Waals surface area contributed by atoms with E-state index < -0.39 is 0 Å². The van der Waals surface area contributed by atoms with Crippen molar-refractivity contribution in [3.63, 3.8) is 0 Å². The van der Waals surface area contributed by atoms with Crippen molar-refractivity contribution in [3.05, 3.63) is 53.6 Å². The molecule has 6 nitrogen and oxygen atoms in total. The number of ether oxygens (including phenoxy) is 2. The number of rotatable bonds is 7. The Kier molecular flexibility index (Phi) is 6.17. The van der Waals surface area contributed by atoms with Crippen LogP contribution in [-0.4, -0.2) is 53.2 Å². The fourth-order valence-corrected chi connectivity index (χ4v) is 3.06. The van der Waals surface area contributed by atoms with Crippen molar-refractivity contribution < 1.29 is 14.3 Å². The molecule has 0 radical (unpaired) electrons. The van der Waals surface area contributed by atoms with E-state index in [-0.39, 0.29) is 12.0 Å². The van der Waals surface area contributed by atoms with Crippen molar-refractivity contribution in [2.75, 3.05) is 26.3 Å². The van der Waals surface area contributed by atoms with E-state index in [1.54, 1.807) is 11.1 Å². The van der Waals surface area contributed by atoms with Crippen molar-refractivity contribution in [2.24, 2.45) is 0 Å². The molecule has 6 heteroatoms. The Balaban J connectivity index is 1.68. The number of amides is 1. The number of benzene rings is 1. The van der Waals surface area contributed by atoms with Gasteiger partial charge in [0.15, 0.2) is 0 Å². The summed E-state index contributed by atoms with van der Waals surface area (Å²) in [6.45, 7) is 5.89. The number of carbonyl (C=O) groups is 1. The van der Waals surface area contributed by atoms with Crippen molar-refractivity contribution in [3.8, 4) is 5.75 Å². The largest absolute Gasteiger partial charge is 0.492 e. The summed E-state index contributed by atoms with van der Waals surface area (Å²) in [4.78, 5) is 23.3. The van der Waals surface area contributed by atoms with Crippen molar-refractivity contribution >= 4 is 5.91 Å². The molecule has 3 rings (SSSR count). The van der Waals surface area contributed by atoms with Crippen LogP contribution >= 0.6 is 0 Å². The van der Waals surface area contributed by atoms with Gasteiger partial charge in [-0.3, -0.25) is 4.79 Å². The molecule has 0 unspecified atom stereocenters. The second kappa shape index (κ2) is 8.76. The number of carbonyl (C=O) groups excluding carboxylic acids is 1. The van der Waals surface area contributed by atoms with Gasteiger partial charge in [-0.2, -0.15) is 0 Å². The molecule has 0 N–H and O–H groups in total. The number of aryl methyl sites for hydroxylation is 2. The summed E-state index contributed by atoms with van der Waals surface area (Å²) >= 11 is 0. The number of para-hydroxylation sites is 1. The number of hydrogen-bond donors (Lipinski definition) is 0. The lowest BCUT2D eigenvalue weighted by atomic mass is 10.1. The molecular formula is C20H25N3O3. The van der Waals surface area contributed by atoms with E-state index in [1.165, 1.54) is 0 Å². The summed E-state index contributed by atoms with van der Waals surface area (Å²) in [6.07, 6.45) is 3.72. The van der Waals surface area contributed by atoms with Gasteiger partial charge in [-0.25, -0.2) is 9.97 Å². The lowest BCUT2D eigenvalue weighted by Gasteiger charge is -2.26. The average molecular weight is 355 g/mol. The van der Waals surface area contributed by atoms with Crippen LogP contribution in [0.15, 0.2) is 36.5 Å². The third-order valence-electron chi connectivity index (χ3n) is 4.44. The molecule has 1 aliphatic heterocycles. The molecule has 1 aromatic carbocycles. The Morgan fingerprint density at radius 3 is 2.81 bits per heavy atom. The maximum Gasteiger partial charge on any atom is 0.257 e. The topological polar surface area (TPSA) is 64.6 Å². The first kappa shape index (κ1) is 18.3. The van der Waals surface area contributed by atoms with Gasteiger partial charge in [-0.15, -0.1) is 0 Å². The summed E-state index contributed by atoms with van der Waals surface area (Å²) in [6, 6.07) is 9.62. The molecule has 1 amide bonds. The first-order valence-corrected chi connectivity index (χ1v) is 9.02. The standard InChI is InChI=1S/C20H25N3O3/c1-15-19(13-21-16(2)22-15)20(24)23(14-18-9-6-11-25-18)10-12-26-17-7-4-3-5-8-17/h3-5,7-8,13,18H,6,9-12,14H2,1-2H3/t18-/m1/s1. The Hall–Kier alpha value is -2.47. The van der Waals surface area contributed by atoms with Crippen molar-refractivity contribution in [2.45, 2.75) is 32.8 Å². The van der Waals surface area contributed by atoms with Crippen LogP contribution in [0.4, 0.5) is 0 Å². The molecule has 0 bridgehead atoms. The molecule has 1 atom stereocenters. The van der Waals surface area contributed by atoms with Crippen LogP contribution in [0.1, 0.15) is 34.7 Å². The Labute approximate surface area is 154 Å². The predicted molar refractivity (Wildman–Crippen MR) is 98.3 cm³/mol. The van der Waals surface area contributed by atoms with Gasteiger partial charge in [-0.1, -0.05) is 18.2 Å². The quantitative estimate of drug-likeness (QED) is 0.764. The second-order valence-corrected chi connectivity index (χ2v) is 6.46. The monoisotopic (exact) mass is 355 g/mol. The van der Waals surface area contributed by atoms with E-state index in [9.17, 15) is 4.79 Å². The minimum absolute atomic E-state index is 0.0744. The molecule has 1 saturated heterocycles. The van der Waals surface area contributed by atoms with E-state index >= 15 is 0 Å². The maximum atomic E-state index is 13.0. The fourth-order valence-electron chi connectivity index (χ4n) is 3.06.